The SMILES string of the molecule is CCc1c(C)nc2n(c1=O)C[C@H](C(=O)Nc1nc3c(s1)CCCC3)CS2. The highest BCUT2D eigenvalue weighted by molar-refractivity contribution is 7.99. The van der Waals surface area contributed by atoms with Crippen molar-refractivity contribution in [3.05, 3.63) is 32.2 Å². The molecule has 8 heteroatoms. The van der Waals surface area contributed by atoms with Gasteiger partial charge in [0, 0.05) is 28.4 Å². The molecule has 138 valence electrons. The molecule has 2 aromatic rings. The number of nitrogens with zero attached hydrogens (tertiary/aromatic N) is 3. The number of hydrogen-bond donors (Lipinski definition) is 1. The molecular weight excluding hydrogens is 368 g/mol. The first-order valence-corrected chi connectivity index (χ1v) is 10.9. The Balaban J connectivity index is 1.52. The van der Waals surface area contributed by atoms with E-state index in [0.29, 0.717) is 23.8 Å². The Morgan fingerprint density at radius 3 is 2.88 bits per heavy atom. The predicted octanol–water partition coefficient (Wildman–Crippen LogP) is 2.81. The van der Waals surface area contributed by atoms with E-state index in [1.165, 1.54) is 29.5 Å². The quantitative estimate of drug-likeness (QED) is 0.816. The molecule has 0 saturated heterocycles. The third kappa shape index (κ3) is 3.20. The fourth-order valence-corrected chi connectivity index (χ4v) is 5.75. The van der Waals surface area contributed by atoms with Gasteiger partial charge in [0.25, 0.3) is 5.56 Å². The third-order valence-electron chi connectivity index (χ3n) is 5.05. The van der Waals surface area contributed by atoms with Gasteiger partial charge < -0.3 is 5.32 Å². The van der Waals surface area contributed by atoms with Crippen LogP contribution in [0.2, 0.25) is 0 Å². The first-order valence-electron chi connectivity index (χ1n) is 9.09. The molecule has 26 heavy (non-hydrogen) atoms. The van der Waals surface area contributed by atoms with Crippen LogP contribution in [0.3, 0.4) is 0 Å². The number of thiazole rings is 1. The van der Waals surface area contributed by atoms with Gasteiger partial charge in [-0.2, -0.15) is 0 Å². The van der Waals surface area contributed by atoms with Crippen LogP contribution in [0.4, 0.5) is 5.13 Å². The highest BCUT2D eigenvalue weighted by atomic mass is 32.2. The molecule has 1 N–H and O–H groups in total. The summed E-state index contributed by atoms with van der Waals surface area (Å²) in [6, 6.07) is 0. The lowest BCUT2D eigenvalue weighted by molar-refractivity contribution is -0.119. The van der Waals surface area contributed by atoms with E-state index in [0.717, 1.165) is 34.9 Å². The second kappa shape index (κ2) is 7.15. The van der Waals surface area contributed by atoms with Gasteiger partial charge in [-0.3, -0.25) is 14.2 Å². The summed E-state index contributed by atoms with van der Waals surface area (Å²) >= 11 is 3.08. The molecule has 6 nitrogen and oxygen atoms in total. The van der Waals surface area contributed by atoms with Crippen molar-refractivity contribution >= 4 is 34.1 Å². The van der Waals surface area contributed by atoms with Crippen LogP contribution in [-0.2, 0) is 30.6 Å². The van der Waals surface area contributed by atoms with Crippen LogP contribution in [0, 0.1) is 12.8 Å². The molecule has 4 rings (SSSR count). The summed E-state index contributed by atoms with van der Waals surface area (Å²) in [6.45, 7) is 4.23. The second-order valence-corrected chi connectivity index (χ2v) is 8.89. The number of aromatic nitrogens is 3. The van der Waals surface area contributed by atoms with Crippen molar-refractivity contribution in [3.8, 4) is 0 Å². The van der Waals surface area contributed by atoms with Crippen LogP contribution in [0.1, 0.15) is 41.6 Å². The lowest BCUT2D eigenvalue weighted by atomic mass is 10.0. The smallest absolute Gasteiger partial charge is 0.257 e. The number of rotatable bonds is 3. The number of amides is 1. The topological polar surface area (TPSA) is 76.9 Å². The lowest BCUT2D eigenvalue weighted by Gasteiger charge is -2.24. The van der Waals surface area contributed by atoms with Crippen LogP contribution < -0.4 is 10.9 Å². The van der Waals surface area contributed by atoms with Gasteiger partial charge in [0.05, 0.1) is 11.6 Å². The maximum absolute atomic E-state index is 12.7. The summed E-state index contributed by atoms with van der Waals surface area (Å²) in [5.74, 6) is 0.328. The fraction of sp³-hybridized carbons (Fsp3) is 0.556. The zero-order valence-corrected chi connectivity index (χ0v) is 16.6. The molecule has 1 aliphatic heterocycles. The highest BCUT2D eigenvalue weighted by Crippen LogP contribution is 2.31. The predicted molar refractivity (Wildman–Crippen MR) is 104 cm³/mol. The molecule has 0 spiro atoms. The Morgan fingerprint density at radius 1 is 1.31 bits per heavy atom. The van der Waals surface area contributed by atoms with E-state index in [9.17, 15) is 9.59 Å². The molecule has 1 aliphatic carbocycles. The largest absolute Gasteiger partial charge is 0.302 e. The molecule has 0 saturated carbocycles. The van der Waals surface area contributed by atoms with Crippen molar-refractivity contribution in [2.45, 2.75) is 57.7 Å². The summed E-state index contributed by atoms with van der Waals surface area (Å²) in [5, 5.41) is 4.39. The Kier molecular flexibility index (Phi) is 4.88. The summed E-state index contributed by atoms with van der Waals surface area (Å²) in [5.41, 5.74) is 2.67. The third-order valence-corrected chi connectivity index (χ3v) is 7.26. The monoisotopic (exact) mass is 390 g/mol. The van der Waals surface area contributed by atoms with Crippen LogP contribution in [0.15, 0.2) is 9.95 Å². The average Bonchev–Trinajstić information content (AvgIpc) is 3.04. The zero-order valence-electron chi connectivity index (χ0n) is 15.0. The molecule has 0 unspecified atom stereocenters. The molecule has 1 atom stereocenters. The number of fused-ring (bicyclic) bond motifs is 2. The van der Waals surface area contributed by atoms with Crippen LogP contribution in [-0.4, -0.2) is 26.2 Å². The van der Waals surface area contributed by atoms with E-state index >= 15 is 0 Å². The Labute approximate surface area is 160 Å². The standard InChI is InChI=1S/C18H22N4O2S2/c1-3-12-10(2)19-18-22(16(12)24)8-11(9-25-18)15(23)21-17-20-13-6-4-5-7-14(13)26-17/h11H,3-9H2,1-2H3,(H,20,21,23)/t11-/m0/s1. The lowest BCUT2D eigenvalue weighted by Crippen LogP contribution is -2.38. The van der Waals surface area contributed by atoms with Crippen molar-refractivity contribution in [1.82, 2.24) is 14.5 Å². The summed E-state index contributed by atoms with van der Waals surface area (Å²) < 4.78 is 1.66. The van der Waals surface area contributed by atoms with Crippen LogP contribution in [0.5, 0.6) is 0 Å². The zero-order chi connectivity index (χ0) is 18.3. The number of carbonyl (C=O) groups excluding carboxylic acids is 1. The van der Waals surface area contributed by atoms with Crippen molar-refractivity contribution in [3.63, 3.8) is 0 Å². The summed E-state index contributed by atoms with van der Waals surface area (Å²) in [4.78, 5) is 35.9. The van der Waals surface area contributed by atoms with Gasteiger partial charge in [0.1, 0.15) is 0 Å². The molecule has 0 bridgehead atoms. The molecule has 0 radical (unpaired) electrons. The number of aryl methyl sites for hydroxylation is 3. The minimum absolute atomic E-state index is 0.00953. The maximum Gasteiger partial charge on any atom is 0.257 e. The highest BCUT2D eigenvalue weighted by Gasteiger charge is 2.29. The number of hydrogen-bond acceptors (Lipinski definition) is 6. The Morgan fingerprint density at radius 2 is 2.12 bits per heavy atom. The number of anilines is 1. The molecular formula is C18H22N4O2S2. The molecule has 2 aromatic heterocycles. The Bertz CT molecular complexity index is 895. The van der Waals surface area contributed by atoms with Gasteiger partial charge in [0.15, 0.2) is 10.3 Å². The van der Waals surface area contributed by atoms with Crippen LogP contribution >= 0.6 is 23.1 Å². The number of thioether (sulfide) groups is 1. The van der Waals surface area contributed by atoms with E-state index in [1.54, 1.807) is 15.9 Å². The van der Waals surface area contributed by atoms with Crippen molar-refractivity contribution in [1.29, 1.82) is 0 Å². The van der Waals surface area contributed by atoms with Crippen molar-refractivity contribution in [2.24, 2.45) is 5.92 Å². The number of carbonyl (C=O) groups is 1. The minimum atomic E-state index is -0.250. The fourth-order valence-electron chi connectivity index (χ4n) is 3.57. The van der Waals surface area contributed by atoms with Crippen molar-refractivity contribution in [2.75, 3.05) is 11.1 Å². The molecule has 1 amide bonds. The average molecular weight is 391 g/mol. The first-order chi connectivity index (χ1) is 12.6. The van der Waals surface area contributed by atoms with Gasteiger partial charge in [-0.05, 0) is 39.0 Å². The van der Waals surface area contributed by atoms with Gasteiger partial charge in [-0.1, -0.05) is 18.7 Å². The van der Waals surface area contributed by atoms with E-state index in [1.807, 2.05) is 13.8 Å². The Hall–Kier alpha value is -1.67. The van der Waals surface area contributed by atoms with Gasteiger partial charge in [0.2, 0.25) is 5.91 Å². The first kappa shape index (κ1) is 17.7. The normalized spacial score (nSPS) is 18.9. The van der Waals surface area contributed by atoms with Gasteiger partial charge in [-0.25, -0.2) is 9.97 Å². The van der Waals surface area contributed by atoms with Gasteiger partial charge >= 0.3 is 0 Å². The van der Waals surface area contributed by atoms with E-state index in [4.69, 9.17) is 0 Å². The van der Waals surface area contributed by atoms with E-state index in [-0.39, 0.29) is 17.4 Å². The van der Waals surface area contributed by atoms with Crippen LogP contribution in [0.25, 0.3) is 0 Å². The number of nitrogens with one attached hydrogen (secondary N) is 1. The minimum Gasteiger partial charge on any atom is -0.302 e. The molecule has 2 aliphatic rings. The van der Waals surface area contributed by atoms with Crippen molar-refractivity contribution < 1.29 is 4.79 Å². The molecule has 3 heterocycles. The van der Waals surface area contributed by atoms with E-state index in [2.05, 4.69) is 15.3 Å². The molecule has 0 aromatic carbocycles. The van der Waals surface area contributed by atoms with E-state index < -0.39 is 0 Å². The van der Waals surface area contributed by atoms with Gasteiger partial charge in [-0.15, -0.1) is 11.3 Å². The molecule has 0 fully saturated rings. The maximum atomic E-state index is 12.7. The summed E-state index contributed by atoms with van der Waals surface area (Å²) in [6.07, 6.45) is 5.11. The second-order valence-electron chi connectivity index (χ2n) is 6.82. The summed E-state index contributed by atoms with van der Waals surface area (Å²) in [7, 11) is 0.